The van der Waals surface area contributed by atoms with E-state index >= 15 is 0 Å². The van der Waals surface area contributed by atoms with Gasteiger partial charge in [0.1, 0.15) is 12.7 Å². The number of pyridine rings is 1. The Bertz CT molecular complexity index is 591. The van der Waals surface area contributed by atoms with Crippen LogP contribution in [0.4, 0.5) is 0 Å². The molecule has 0 saturated carbocycles. The second-order valence-corrected chi connectivity index (χ2v) is 7.45. The van der Waals surface area contributed by atoms with Gasteiger partial charge >= 0.3 is 5.97 Å². The van der Waals surface area contributed by atoms with Crippen molar-refractivity contribution >= 4 is 16.0 Å². The number of rotatable bonds is 9. The highest BCUT2D eigenvalue weighted by Gasteiger charge is 2.22. The molecule has 7 nitrogen and oxygen atoms in total. The van der Waals surface area contributed by atoms with Crippen molar-refractivity contribution in [3.63, 3.8) is 0 Å². The number of sulfonamides is 1. The number of carbonyl (C=O) groups is 1. The van der Waals surface area contributed by atoms with Crippen LogP contribution in [0.2, 0.25) is 0 Å². The van der Waals surface area contributed by atoms with Gasteiger partial charge in [-0.3, -0.25) is 4.98 Å². The molecule has 0 aromatic carbocycles. The lowest BCUT2D eigenvalue weighted by Gasteiger charge is -2.25. The summed E-state index contributed by atoms with van der Waals surface area (Å²) in [6, 6.07) is 3.24. The molecule has 0 aliphatic rings. The van der Waals surface area contributed by atoms with Crippen LogP contribution >= 0.6 is 0 Å². The quantitative estimate of drug-likeness (QED) is 0.628. The highest BCUT2D eigenvalue weighted by Crippen LogP contribution is 2.08. The first-order chi connectivity index (χ1) is 10.7. The van der Waals surface area contributed by atoms with E-state index < -0.39 is 22.1 Å². The fourth-order valence-electron chi connectivity index (χ4n) is 1.72. The Morgan fingerprint density at radius 1 is 1.43 bits per heavy atom. The van der Waals surface area contributed by atoms with Gasteiger partial charge in [0.25, 0.3) is 0 Å². The second-order valence-electron chi connectivity index (χ2n) is 5.36. The zero-order valence-electron chi connectivity index (χ0n) is 13.9. The topological polar surface area (TPSA) is 85.8 Å². The van der Waals surface area contributed by atoms with E-state index in [1.807, 2.05) is 13.8 Å². The Hall–Kier alpha value is -1.51. The Morgan fingerprint density at radius 3 is 2.65 bits per heavy atom. The van der Waals surface area contributed by atoms with E-state index in [1.165, 1.54) is 17.5 Å². The molecule has 0 radical (unpaired) electrons. The van der Waals surface area contributed by atoms with Gasteiger partial charge in [0, 0.05) is 26.0 Å². The summed E-state index contributed by atoms with van der Waals surface area (Å²) < 4.78 is 35.2. The van der Waals surface area contributed by atoms with Gasteiger partial charge in [-0.25, -0.2) is 17.5 Å². The summed E-state index contributed by atoms with van der Waals surface area (Å²) in [5, 5.41) is 0. The van der Waals surface area contributed by atoms with E-state index in [4.69, 9.17) is 9.47 Å². The van der Waals surface area contributed by atoms with Crippen LogP contribution in [0.5, 0.6) is 0 Å². The third-order valence-corrected chi connectivity index (χ3v) is 4.61. The van der Waals surface area contributed by atoms with Crippen molar-refractivity contribution in [2.24, 2.45) is 0 Å². The van der Waals surface area contributed by atoms with Gasteiger partial charge in [-0.05, 0) is 25.5 Å². The molecule has 0 fully saturated rings. The first kappa shape index (κ1) is 19.5. The Kier molecular flexibility index (Phi) is 7.60. The van der Waals surface area contributed by atoms with Gasteiger partial charge < -0.3 is 9.47 Å². The van der Waals surface area contributed by atoms with Crippen LogP contribution in [0.3, 0.4) is 0 Å². The highest BCUT2D eigenvalue weighted by molar-refractivity contribution is 7.88. The Morgan fingerprint density at radius 2 is 2.13 bits per heavy atom. The lowest BCUT2D eigenvalue weighted by Crippen LogP contribution is -2.39. The van der Waals surface area contributed by atoms with Gasteiger partial charge in [0.2, 0.25) is 10.0 Å². The maximum atomic E-state index is 11.9. The maximum Gasteiger partial charge on any atom is 0.339 e. The molecule has 1 rings (SSSR count). The molecule has 0 aliphatic heterocycles. The molecule has 0 amide bonds. The minimum atomic E-state index is -3.33. The predicted molar refractivity (Wildman–Crippen MR) is 86.6 cm³/mol. The lowest BCUT2D eigenvalue weighted by molar-refractivity contribution is -0.0458. The normalized spacial score (nSPS) is 14.5. The fraction of sp³-hybridized carbons (Fsp3) is 0.600. The van der Waals surface area contributed by atoms with Crippen LogP contribution in [-0.2, 0) is 19.5 Å². The van der Waals surface area contributed by atoms with E-state index in [0.717, 1.165) is 12.7 Å². The number of aromatic nitrogens is 1. The van der Waals surface area contributed by atoms with Crippen LogP contribution in [0.25, 0.3) is 0 Å². The molecule has 1 aromatic rings. The van der Waals surface area contributed by atoms with Crippen molar-refractivity contribution in [3.05, 3.63) is 30.1 Å². The molecule has 1 aromatic heterocycles. The smallest absolute Gasteiger partial charge is 0.339 e. The van der Waals surface area contributed by atoms with E-state index in [1.54, 1.807) is 18.3 Å². The molecule has 0 spiro atoms. The first-order valence-corrected chi connectivity index (χ1v) is 9.22. The number of hydrogen-bond acceptors (Lipinski definition) is 6. The summed E-state index contributed by atoms with van der Waals surface area (Å²) in [4.78, 5) is 15.8. The van der Waals surface area contributed by atoms with Crippen molar-refractivity contribution < 1.29 is 22.7 Å². The van der Waals surface area contributed by atoms with E-state index in [9.17, 15) is 13.2 Å². The minimum absolute atomic E-state index is 0.0298. The SMILES string of the molecule is CC[C@H](C)O[C@H](COC(=O)c1cccnc1)CN(C)S(C)(=O)=O. The molecule has 8 heteroatoms. The average Bonchev–Trinajstić information content (AvgIpc) is 2.51. The van der Waals surface area contributed by atoms with Gasteiger partial charge in [-0.1, -0.05) is 6.92 Å². The molecule has 0 bridgehead atoms. The number of hydrogen-bond donors (Lipinski definition) is 0. The molecule has 0 unspecified atom stereocenters. The van der Waals surface area contributed by atoms with Crippen LogP contribution in [0.15, 0.2) is 24.5 Å². The third-order valence-electron chi connectivity index (χ3n) is 3.32. The minimum Gasteiger partial charge on any atom is -0.459 e. The van der Waals surface area contributed by atoms with E-state index in [-0.39, 0.29) is 19.3 Å². The lowest BCUT2D eigenvalue weighted by atomic mass is 10.3. The standard InChI is InChI=1S/C15H24N2O5S/c1-5-12(2)22-14(10-17(3)23(4,19)20)11-21-15(18)13-7-6-8-16-9-13/h6-9,12,14H,5,10-11H2,1-4H3/t12-,14-/m0/s1. The van der Waals surface area contributed by atoms with Crippen molar-refractivity contribution in [1.29, 1.82) is 0 Å². The second kappa shape index (κ2) is 8.95. The summed E-state index contributed by atoms with van der Waals surface area (Å²) in [6.07, 6.45) is 4.27. The number of likely N-dealkylation sites (N-methyl/N-ethyl adjacent to an activating group) is 1. The first-order valence-electron chi connectivity index (χ1n) is 7.38. The van der Waals surface area contributed by atoms with Gasteiger partial charge in [0.15, 0.2) is 0 Å². The van der Waals surface area contributed by atoms with E-state index in [2.05, 4.69) is 4.98 Å². The number of ether oxygens (including phenoxy) is 2. The van der Waals surface area contributed by atoms with Crippen LogP contribution in [0, 0.1) is 0 Å². The van der Waals surface area contributed by atoms with Crippen molar-refractivity contribution in [2.45, 2.75) is 32.5 Å². The van der Waals surface area contributed by atoms with Crippen molar-refractivity contribution in [3.8, 4) is 0 Å². The molecule has 1 heterocycles. The zero-order chi connectivity index (χ0) is 17.5. The molecule has 130 valence electrons. The van der Waals surface area contributed by atoms with Crippen LogP contribution in [-0.4, -0.2) is 62.3 Å². The highest BCUT2D eigenvalue weighted by atomic mass is 32.2. The largest absolute Gasteiger partial charge is 0.459 e. The zero-order valence-corrected chi connectivity index (χ0v) is 14.7. The molecular weight excluding hydrogens is 320 g/mol. The summed E-state index contributed by atoms with van der Waals surface area (Å²) in [5.41, 5.74) is 0.339. The summed E-state index contributed by atoms with van der Waals surface area (Å²) in [6.45, 7) is 3.93. The number of carbonyl (C=O) groups excluding carboxylic acids is 1. The van der Waals surface area contributed by atoms with Gasteiger partial charge in [-0.2, -0.15) is 0 Å². The maximum absolute atomic E-state index is 11.9. The molecule has 23 heavy (non-hydrogen) atoms. The molecule has 2 atom stereocenters. The average molecular weight is 344 g/mol. The molecule has 0 saturated heterocycles. The summed E-state index contributed by atoms with van der Waals surface area (Å²) in [5.74, 6) is -0.516. The van der Waals surface area contributed by atoms with Crippen LogP contribution < -0.4 is 0 Å². The molecule has 0 N–H and O–H groups in total. The predicted octanol–water partition coefficient (Wildman–Crippen LogP) is 1.31. The van der Waals surface area contributed by atoms with E-state index in [0.29, 0.717) is 5.56 Å². The number of esters is 1. The Labute approximate surface area is 137 Å². The Balaban J connectivity index is 2.67. The number of nitrogens with zero attached hydrogens (tertiary/aromatic N) is 2. The monoisotopic (exact) mass is 344 g/mol. The fourth-order valence-corrected chi connectivity index (χ4v) is 2.15. The van der Waals surface area contributed by atoms with Gasteiger partial charge in [-0.15, -0.1) is 0 Å². The third kappa shape index (κ3) is 7.06. The summed E-state index contributed by atoms with van der Waals surface area (Å²) >= 11 is 0. The van der Waals surface area contributed by atoms with Crippen LogP contribution in [0.1, 0.15) is 30.6 Å². The van der Waals surface area contributed by atoms with Crippen molar-refractivity contribution in [2.75, 3.05) is 26.5 Å². The summed E-state index contributed by atoms with van der Waals surface area (Å²) in [7, 11) is -1.86. The van der Waals surface area contributed by atoms with Gasteiger partial charge in [0.05, 0.1) is 17.9 Å². The molecule has 0 aliphatic carbocycles. The molecular formula is C15H24N2O5S. The van der Waals surface area contributed by atoms with Crippen molar-refractivity contribution in [1.82, 2.24) is 9.29 Å².